The van der Waals surface area contributed by atoms with Crippen molar-refractivity contribution in [3.8, 4) is 22.6 Å². The van der Waals surface area contributed by atoms with E-state index in [0.717, 1.165) is 5.56 Å². The molecule has 1 radical (unpaired) electrons. The summed E-state index contributed by atoms with van der Waals surface area (Å²) >= 11 is 0. The Hall–Kier alpha value is -1.96. The molecule has 14 heavy (non-hydrogen) atoms. The molecule has 0 saturated heterocycles. The molecule has 0 aliphatic heterocycles. The highest BCUT2D eigenvalue weighted by atomic mass is 16.3. The minimum Gasteiger partial charge on any atom is -0.508 e. The van der Waals surface area contributed by atoms with E-state index >= 15 is 0 Å². The van der Waals surface area contributed by atoms with Crippen LogP contribution in [0.2, 0.25) is 0 Å². The van der Waals surface area contributed by atoms with E-state index in [2.05, 4.69) is 6.07 Å². The van der Waals surface area contributed by atoms with E-state index < -0.39 is 0 Å². The predicted molar refractivity (Wildman–Crippen MR) is 54.0 cm³/mol. The highest BCUT2D eigenvalue weighted by molar-refractivity contribution is 5.69. The lowest BCUT2D eigenvalue weighted by molar-refractivity contribution is 0.474. The Morgan fingerprint density at radius 1 is 0.929 bits per heavy atom. The summed E-state index contributed by atoms with van der Waals surface area (Å²) in [7, 11) is 0. The quantitative estimate of drug-likeness (QED) is 0.716. The lowest BCUT2D eigenvalue weighted by Gasteiger charge is -2.03. The lowest BCUT2D eigenvalue weighted by atomic mass is 10.0. The molecule has 0 fully saturated rings. The number of para-hydroxylation sites is 1. The zero-order valence-electron chi connectivity index (χ0n) is 7.44. The summed E-state index contributed by atoms with van der Waals surface area (Å²) in [6.07, 6.45) is 0. The maximum atomic E-state index is 9.55. The molecule has 0 atom stereocenters. The van der Waals surface area contributed by atoms with Gasteiger partial charge in [0.2, 0.25) is 0 Å². The Kier molecular flexibility index (Phi) is 2.11. The second kappa shape index (κ2) is 3.42. The van der Waals surface area contributed by atoms with Crippen molar-refractivity contribution >= 4 is 0 Å². The third kappa shape index (κ3) is 1.55. The molecule has 0 aliphatic carbocycles. The highest BCUT2D eigenvalue weighted by Gasteiger charge is 2.02. The average molecular weight is 185 g/mol. The number of hydrogen-bond acceptors (Lipinski definition) is 2. The average Bonchev–Trinajstić information content (AvgIpc) is 2.20. The summed E-state index contributed by atoms with van der Waals surface area (Å²) in [6.45, 7) is 0. The zero-order valence-corrected chi connectivity index (χ0v) is 7.44. The lowest BCUT2D eigenvalue weighted by Crippen LogP contribution is -1.78. The van der Waals surface area contributed by atoms with Gasteiger partial charge in [-0.1, -0.05) is 18.2 Å². The van der Waals surface area contributed by atoms with Gasteiger partial charge in [-0.3, -0.25) is 0 Å². The van der Waals surface area contributed by atoms with Crippen molar-refractivity contribution in [3.63, 3.8) is 0 Å². The molecule has 0 unspecified atom stereocenters. The van der Waals surface area contributed by atoms with Crippen molar-refractivity contribution in [2.45, 2.75) is 0 Å². The first-order valence-electron chi connectivity index (χ1n) is 4.26. The van der Waals surface area contributed by atoms with Crippen LogP contribution in [0.4, 0.5) is 0 Å². The van der Waals surface area contributed by atoms with Crippen LogP contribution in [0.15, 0.2) is 42.5 Å². The fourth-order valence-electron chi connectivity index (χ4n) is 1.29. The van der Waals surface area contributed by atoms with E-state index in [-0.39, 0.29) is 11.5 Å². The van der Waals surface area contributed by atoms with Gasteiger partial charge in [0, 0.05) is 5.56 Å². The maximum absolute atomic E-state index is 9.55. The van der Waals surface area contributed by atoms with Crippen molar-refractivity contribution in [1.29, 1.82) is 0 Å². The Bertz CT molecular complexity index is 432. The molecule has 2 heteroatoms. The Balaban J connectivity index is 2.50. The molecule has 0 aliphatic rings. The highest BCUT2D eigenvalue weighted by Crippen LogP contribution is 2.28. The van der Waals surface area contributed by atoms with Crippen molar-refractivity contribution in [2.75, 3.05) is 0 Å². The molecule has 2 aromatic rings. The minimum atomic E-state index is 0.171. The van der Waals surface area contributed by atoms with Crippen LogP contribution in [0.3, 0.4) is 0 Å². The van der Waals surface area contributed by atoms with E-state index in [0.29, 0.717) is 5.56 Å². The van der Waals surface area contributed by atoms with Crippen LogP contribution in [0, 0.1) is 6.07 Å². The maximum Gasteiger partial charge on any atom is 0.123 e. The summed E-state index contributed by atoms with van der Waals surface area (Å²) in [5.41, 5.74) is 1.48. The van der Waals surface area contributed by atoms with Gasteiger partial charge in [-0.2, -0.15) is 0 Å². The van der Waals surface area contributed by atoms with Gasteiger partial charge in [-0.05, 0) is 35.9 Å². The summed E-state index contributed by atoms with van der Waals surface area (Å²) in [4.78, 5) is 0. The molecule has 0 bridgehead atoms. The van der Waals surface area contributed by atoms with Crippen molar-refractivity contribution in [3.05, 3.63) is 48.5 Å². The third-order valence-electron chi connectivity index (χ3n) is 1.99. The smallest absolute Gasteiger partial charge is 0.123 e. The number of benzene rings is 2. The Morgan fingerprint density at radius 2 is 1.71 bits per heavy atom. The van der Waals surface area contributed by atoms with Gasteiger partial charge >= 0.3 is 0 Å². The summed E-state index contributed by atoms with van der Waals surface area (Å²) in [5.74, 6) is 0.388. The monoisotopic (exact) mass is 185 g/mol. The minimum absolute atomic E-state index is 0.171. The summed E-state index contributed by atoms with van der Waals surface area (Å²) in [6, 6.07) is 14.7. The van der Waals surface area contributed by atoms with Gasteiger partial charge in [0.1, 0.15) is 11.5 Å². The number of aromatic hydroxyl groups is 2. The molecule has 2 aromatic carbocycles. The molecule has 2 nitrogen and oxygen atoms in total. The molecule has 0 aromatic heterocycles. The van der Waals surface area contributed by atoms with E-state index in [1.165, 1.54) is 6.07 Å². The Morgan fingerprint density at radius 3 is 2.36 bits per heavy atom. The predicted octanol–water partition coefficient (Wildman–Crippen LogP) is 2.56. The topological polar surface area (TPSA) is 40.5 Å². The first kappa shape index (κ1) is 8.63. The molecule has 0 amide bonds. The van der Waals surface area contributed by atoms with E-state index in [1.54, 1.807) is 30.3 Å². The van der Waals surface area contributed by atoms with Crippen molar-refractivity contribution in [2.24, 2.45) is 0 Å². The molecular weight excluding hydrogens is 176 g/mol. The Labute approximate surface area is 82.1 Å². The van der Waals surface area contributed by atoms with Crippen LogP contribution in [0.5, 0.6) is 11.5 Å². The van der Waals surface area contributed by atoms with Crippen LogP contribution in [0.25, 0.3) is 11.1 Å². The first-order chi connectivity index (χ1) is 6.77. The number of phenolic OH excluding ortho intramolecular Hbond substituents is 2. The molecule has 2 N–H and O–H groups in total. The normalized spacial score (nSPS) is 10.0. The fraction of sp³-hybridized carbons (Fsp3) is 0. The van der Waals surface area contributed by atoms with Gasteiger partial charge < -0.3 is 10.2 Å². The molecular formula is C12H9O2. The van der Waals surface area contributed by atoms with Gasteiger partial charge in [0.15, 0.2) is 0 Å². The molecule has 69 valence electrons. The fourth-order valence-corrected chi connectivity index (χ4v) is 1.29. The second-order valence-electron chi connectivity index (χ2n) is 2.98. The van der Waals surface area contributed by atoms with Gasteiger partial charge in [-0.15, -0.1) is 0 Å². The summed E-state index contributed by atoms with van der Waals surface area (Å²) < 4.78 is 0. The van der Waals surface area contributed by atoms with Crippen LogP contribution in [-0.4, -0.2) is 10.2 Å². The van der Waals surface area contributed by atoms with E-state index in [4.69, 9.17) is 5.11 Å². The molecule has 0 spiro atoms. The summed E-state index contributed by atoms with van der Waals surface area (Å²) in [5, 5.41) is 18.6. The first-order valence-corrected chi connectivity index (χ1v) is 4.26. The van der Waals surface area contributed by atoms with E-state index in [1.807, 2.05) is 6.07 Å². The van der Waals surface area contributed by atoms with Crippen molar-refractivity contribution in [1.82, 2.24) is 0 Å². The van der Waals surface area contributed by atoms with Crippen LogP contribution in [0.1, 0.15) is 0 Å². The number of phenols is 2. The van der Waals surface area contributed by atoms with Crippen molar-refractivity contribution < 1.29 is 10.2 Å². The SMILES string of the molecule is Oc1c[c]c(-c2ccccc2O)cc1. The zero-order chi connectivity index (χ0) is 9.97. The van der Waals surface area contributed by atoms with E-state index in [9.17, 15) is 5.11 Å². The molecule has 0 heterocycles. The number of rotatable bonds is 1. The van der Waals surface area contributed by atoms with Crippen LogP contribution < -0.4 is 0 Å². The number of hydrogen-bond donors (Lipinski definition) is 2. The van der Waals surface area contributed by atoms with Gasteiger partial charge in [-0.25, -0.2) is 0 Å². The molecule has 0 saturated carbocycles. The largest absolute Gasteiger partial charge is 0.508 e. The standard InChI is InChI=1S/C12H9O2/c13-10-7-5-9(6-8-10)11-3-1-2-4-12(11)14/h1-5,7-8,13-14H. The van der Waals surface area contributed by atoms with Gasteiger partial charge in [0.25, 0.3) is 0 Å². The van der Waals surface area contributed by atoms with Crippen LogP contribution >= 0.6 is 0 Å². The second-order valence-corrected chi connectivity index (χ2v) is 2.98. The molecule has 2 rings (SSSR count). The third-order valence-corrected chi connectivity index (χ3v) is 1.99. The van der Waals surface area contributed by atoms with Crippen LogP contribution in [-0.2, 0) is 0 Å². The van der Waals surface area contributed by atoms with Gasteiger partial charge in [0.05, 0.1) is 0 Å².